The molecule has 5 nitrogen and oxygen atoms in total. The van der Waals surface area contributed by atoms with Crippen molar-refractivity contribution in [2.75, 3.05) is 11.5 Å². The van der Waals surface area contributed by atoms with E-state index in [1.165, 1.54) is 0 Å². The smallest absolute Gasteiger partial charge is 0.151 e. The monoisotopic (exact) mass is 356 g/mol. The number of aryl methyl sites for hydroxylation is 3. The number of rotatable bonds is 7. The van der Waals surface area contributed by atoms with Crippen molar-refractivity contribution in [3.63, 3.8) is 0 Å². The van der Waals surface area contributed by atoms with Crippen molar-refractivity contribution in [2.45, 2.75) is 44.6 Å². The van der Waals surface area contributed by atoms with E-state index in [4.69, 9.17) is 5.73 Å². The third-order valence-corrected chi connectivity index (χ3v) is 5.96. The molecule has 0 bridgehead atoms. The van der Waals surface area contributed by atoms with Gasteiger partial charge in [-0.3, -0.25) is 4.21 Å². The van der Waals surface area contributed by atoms with Crippen LogP contribution >= 0.6 is 0 Å². The Hall–Kier alpha value is -2.21. The summed E-state index contributed by atoms with van der Waals surface area (Å²) in [6.07, 6.45) is 4.86. The molecule has 1 aromatic carbocycles. The molecule has 0 amide bonds. The van der Waals surface area contributed by atoms with E-state index < -0.39 is 10.8 Å². The molecule has 0 saturated carbocycles. The molecule has 0 aliphatic rings. The van der Waals surface area contributed by atoms with Gasteiger partial charge in [0.2, 0.25) is 0 Å². The second-order valence-electron chi connectivity index (χ2n) is 6.27. The van der Waals surface area contributed by atoms with Crippen LogP contribution in [-0.2, 0) is 17.3 Å². The Balaban J connectivity index is 1.55. The van der Waals surface area contributed by atoms with Gasteiger partial charge in [-0.25, -0.2) is 9.97 Å². The first-order valence-electron chi connectivity index (χ1n) is 8.59. The molecule has 2 heterocycles. The molecule has 0 radical (unpaired) electrons. The van der Waals surface area contributed by atoms with Crippen LogP contribution in [-0.4, -0.2) is 24.5 Å². The van der Waals surface area contributed by atoms with Gasteiger partial charge in [0, 0.05) is 22.9 Å². The van der Waals surface area contributed by atoms with Gasteiger partial charge in [-0.2, -0.15) is 0 Å². The molecule has 6 heteroatoms. The highest BCUT2D eigenvalue weighted by Crippen LogP contribution is 2.24. The third kappa shape index (κ3) is 3.90. The maximum atomic E-state index is 12.2. The fourth-order valence-corrected chi connectivity index (χ4v) is 4.17. The van der Waals surface area contributed by atoms with Crippen LogP contribution in [0.1, 0.15) is 30.5 Å². The van der Waals surface area contributed by atoms with Gasteiger partial charge in [0.15, 0.2) is 5.82 Å². The van der Waals surface area contributed by atoms with Gasteiger partial charge in [0.25, 0.3) is 0 Å². The maximum absolute atomic E-state index is 12.2. The number of imidazole rings is 1. The number of anilines is 1. The first-order valence-corrected chi connectivity index (χ1v) is 9.90. The van der Waals surface area contributed by atoms with Gasteiger partial charge in [-0.15, -0.1) is 0 Å². The number of fused-ring (bicyclic) bond motifs is 1. The predicted molar refractivity (Wildman–Crippen MR) is 103 cm³/mol. The molecule has 1 atom stereocenters. The minimum atomic E-state index is -0.900. The van der Waals surface area contributed by atoms with Crippen molar-refractivity contribution in [3.8, 4) is 0 Å². The SMILES string of the molecule is Cc1nc(N)c2ncn(CCCCCS(=O)c3ccccc3)c2c1C. The summed E-state index contributed by atoms with van der Waals surface area (Å²) in [6, 6.07) is 9.67. The molecule has 1 unspecified atom stereocenters. The van der Waals surface area contributed by atoms with Crippen molar-refractivity contribution in [1.29, 1.82) is 0 Å². The highest BCUT2D eigenvalue weighted by Gasteiger charge is 2.12. The fourth-order valence-electron chi connectivity index (χ4n) is 3.00. The van der Waals surface area contributed by atoms with Gasteiger partial charge in [-0.1, -0.05) is 24.6 Å². The molecule has 0 fully saturated rings. The average molecular weight is 356 g/mol. The molecule has 0 aliphatic heterocycles. The number of hydrogen-bond donors (Lipinski definition) is 1. The predicted octanol–water partition coefficient (Wildman–Crippen LogP) is 3.61. The average Bonchev–Trinajstić information content (AvgIpc) is 3.05. The highest BCUT2D eigenvalue weighted by atomic mass is 32.2. The van der Waals surface area contributed by atoms with Gasteiger partial charge >= 0.3 is 0 Å². The molecular formula is C19H24N4OS. The summed E-state index contributed by atoms with van der Waals surface area (Å²) < 4.78 is 14.4. The van der Waals surface area contributed by atoms with Crippen molar-refractivity contribution >= 4 is 27.7 Å². The van der Waals surface area contributed by atoms with Gasteiger partial charge in [0.1, 0.15) is 5.52 Å². The Morgan fingerprint density at radius 1 is 1.12 bits per heavy atom. The van der Waals surface area contributed by atoms with E-state index in [-0.39, 0.29) is 0 Å². The summed E-state index contributed by atoms with van der Waals surface area (Å²) in [4.78, 5) is 9.67. The van der Waals surface area contributed by atoms with Gasteiger partial charge in [0.05, 0.1) is 22.6 Å². The summed E-state index contributed by atoms with van der Waals surface area (Å²) in [5.74, 6) is 1.21. The van der Waals surface area contributed by atoms with Crippen molar-refractivity contribution in [3.05, 3.63) is 47.9 Å². The lowest BCUT2D eigenvalue weighted by Crippen LogP contribution is -2.03. The quantitative estimate of drug-likeness (QED) is 0.656. The number of pyridine rings is 1. The number of nitrogens with two attached hydrogens (primary N) is 1. The summed E-state index contributed by atoms with van der Waals surface area (Å²) in [6.45, 7) is 4.92. The lowest BCUT2D eigenvalue weighted by molar-refractivity contribution is 0.610. The molecule has 0 saturated heterocycles. The van der Waals surface area contributed by atoms with E-state index in [1.807, 2.05) is 43.6 Å². The van der Waals surface area contributed by atoms with E-state index >= 15 is 0 Å². The van der Waals surface area contributed by atoms with Crippen LogP contribution in [0.2, 0.25) is 0 Å². The maximum Gasteiger partial charge on any atom is 0.151 e. The molecular weight excluding hydrogens is 332 g/mol. The third-order valence-electron chi connectivity index (χ3n) is 4.50. The number of hydrogen-bond acceptors (Lipinski definition) is 4. The second-order valence-corrected chi connectivity index (χ2v) is 7.84. The fraction of sp³-hybridized carbons (Fsp3) is 0.368. The Morgan fingerprint density at radius 3 is 2.64 bits per heavy atom. The minimum Gasteiger partial charge on any atom is -0.382 e. The topological polar surface area (TPSA) is 73.8 Å². The van der Waals surface area contributed by atoms with Crippen molar-refractivity contribution in [2.24, 2.45) is 0 Å². The molecule has 2 N–H and O–H groups in total. The normalized spacial score (nSPS) is 12.6. The molecule has 3 rings (SSSR count). The lowest BCUT2D eigenvalue weighted by Gasteiger charge is -2.09. The van der Waals surface area contributed by atoms with Crippen LogP contribution in [0.25, 0.3) is 11.0 Å². The zero-order valence-corrected chi connectivity index (χ0v) is 15.6. The Kier molecular flexibility index (Phi) is 5.48. The van der Waals surface area contributed by atoms with E-state index in [0.717, 1.165) is 53.0 Å². The molecule has 132 valence electrons. The van der Waals surface area contributed by atoms with Crippen molar-refractivity contribution in [1.82, 2.24) is 14.5 Å². The van der Waals surface area contributed by atoms with Crippen LogP contribution in [0.4, 0.5) is 5.82 Å². The van der Waals surface area contributed by atoms with Crippen LogP contribution < -0.4 is 5.73 Å². The van der Waals surface area contributed by atoms with E-state index in [9.17, 15) is 4.21 Å². The number of aromatic nitrogens is 3. The van der Waals surface area contributed by atoms with E-state index in [2.05, 4.69) is 21.5 Å². The zero-order chi connectivity index (χ0) is 17.8. The number of nitrogens with zero attached hydrogens (tertiary/aromatic N) is 3. The largest absolute Gasteiger partial charge is 0.382 e. The standard InChI is InChI=1S/C19H24N4OS/c1-14-15(2)22-19(20)17-18(14)23(13-21-17)11-7-4-8-12-25(24)16-9-5-3-6-10-16/h3,5-6,9-10,13H,4,7-8,11-12H2,1-2H3,(H2,20,22). The Morgan fingerprint density at radius 2 is 1.88 bits per heavy atom. The summed E-state index contributed by atoms with van der Waals surface area (Å²) in [7, 11) is -0.900. The highest BCUT2D eigenvalue weighted by molar-refractivity contribution is 7.85. The van der Waals surface area contributed by atoms with Crippen LogP contribution in [0.15, 0.2) is 41.6 Å². The second kappa shape index (κ2) is 7.78. The number of benzene rings is 1. The van der Waals surface area contributed by atoms with Gasteiger partial charge < -0.3 is 10.3 Å². The summed E-state index contributed by atoms with van der Waals surface area (Å²) in [5, 5.41) is 0. The van der Waals surface area contributed by atoms with Crippen LogP contribution in [0.5, 0.6) is 0 Å². The lowest BCUT2D eigenvalue weighted by atomic mass is 10.2. The molecule has 0 aliphatic carbocycles. The van der Waals surface area contributed by atoms with Crippen LogP contribution in [0, 0.1) is 13.8 Å². The summed E-state index contributed by atoms with van der Waals surface area (Å²) >= 11 is 0. The van der Waals surface area contributed by atoms with Gasteiger partial charge in [-0.05, 0) is 44.4 Å². The number of unbranched alkanes of at least 4 members (excludes halogenated alkanes) is 2. The first kappa shape index (κ1) is 17.6. The Bertz CT molecular complexity index is 889. The summed E-state index contributed by atoms with van der Waals surface area (Å²) in [5.41, 5.74) is 9.93. The minimum absolute atomic E-state index is 0.495. The molecule has 25 heavy (non-hydrogen) atoms. The molecule has 0 spiro atoms. The zero-order valence-electron chi connectivity index (χ0n) is 14.7. The molecule has 2 aromatic heterocycles. The van der Waals surface area contributed by atoms with Crippen LogP contribution in [0.3, 0.4) is 0 Å². The first-order chi connectivity index (χ1) is 12.1. The van der Waals surface area contributed by atoms with E-state index in [0.29, 0.717) is 11.6 Å². The van der Waals surface area contributed by atoms with E-state index in [1.54, 1.807) is 0 Å². The Labute approximate surface area is 150 Å². The number of nitrogen functional groups attached to an aromatic ring is 1. The van der Waals surface area contributed by atoms with Crippen molar-refractivity contribution < 1.29 is 4.21 Å². The molecule has 3 aromatic rings.